The molecule has 4 aliphatic rings. The molecule has 0 amide bonds. The molecule has 2 aliphatic carbocycles. The molecule has 3 nitrogen and oxygen atoms in total. The van der Waals surface area contributed by atoms with Crippen molar-refractivity contribution >= 4 is 49.4 Å². The lowest BCUT2D eigenvalue weighted by molar-refractivity contribution is 0.150. The minimum atomic E-state index is 0.502. The predicted octanol–water partition coefficient (Wildman–Crippen LogP) is 4.73. The lowest BCUT2D eigenvalue weighted by atomic mass is 9.68. The first-order valence-electron chi connectivity index (χ1n) is 8.06. The predicted molar refractivity (Wildman–Crippen MR) is 97.8 cm³/mol. The smallest absolute Gasteiger partial charge is 0.137 e. The average Bonchev–Trinajstić information content (AvgIpc) is 2.60. The van der Waals surface area contributed by atoms with Gasteiger partial charge in [-0.25, -0.2) is 4.98 Å². The van der Waals surface area contributed by atoms with Gasteiger partial charge in [0.15, 0.2) is 0 Å². The van der Waals surface area contributed by atoms with Crippen LogP contribution >= 0.6 is 38.5 Å². The van der Waals surface area contributed by atoms with Gasteiger partial charge in [-0.2, -0.15) is 0 Å². The van der Waals surface area contributed by atoms with Crippen molar-refractivity contribution in [2.24, 2.45) is 11.8 Å². The minimum Gasteiger partial charge on any atom is -0.311 e. The van der Waals surface area contributed by atoms with Crippen LogP contribution in [0.15, 0.2) is 16.6 Å². The summed E-state index contributed by atoms with van der Waals surface area (Å²) in [6, 6.07) is 4.71. The highest BCUT2D eigenvalue weighted by atomic mass is 127. The minimum absolute atomic E-state index is 0.502. The van der Waals surface area contributed by atoms with Crippen LogP contribution < -0.4 is 5.49 Å². The standard InChI is InChI=1S/C17H17BrIN3/c18-13-6-11(19)7-14-15(13)16(20)22-12-4-8-1-9(5-12)3-10(2-8)17(22)21-14/h6-10,12,20H,1-5H2. The number of nitrogens with one attached hydrogen (secondary N) is 1. The molecular formula is C17H17BrIN3. The second kappa shape index (κ2) is 4.79. The second-order valence-electron chi connectivity index (χ2n) is 7.23. The number of hydrogen-bond acceptors (Lipinski definition) is 2. The van der Waals surface area contributed by atoms with E-state index in [0.29, 0.717) is 17.4 Å². The molecule has 22 heavy (non-hydrogen) atoms. The van der Waals surface area contributed by atoms with E-state index in [2.05, 4.69) is 55.2 Å². The van der Waals surface area contributed by atoms with Gasteiger partial charge in [-0.1, -0.05) is 0 Å². The molecule has 2 saturated carbocycles. The molecule has 1 N–H and O–H groups in total. The summed E-state index contributed by atoms with van der Waals surface area (Å²) >= 11 is 5.99. The molecule has 5 heteroatoms. The van der Waals surface area contributed by atoms with Crippen molar-refractivity contribution in [3.63, 3.8) is 0 Å². The zero-order valence-electron chi connectivity index (χ0n) is 12.1. The molecule has 1 aromatic heterocycles. The molecule has 4 bridgehead atoms. The summed E-state index contributed by atoms with van der Waals surface area (Å²) in [6.45, 7) is 0. The zero-order valence-corrected chi connectivity index (χ0v) is 15.9. The Kier molecular flexibility index (Phi) is 3.04. The van der Waals surface area contributed by atoms with E-state index < -0.39 is 0 Å². The van der Waals surface area contributed by atoms with Crippen LogP contribution in [-0.4, -0.2) is 9.55 Å². The molecule has 2 fully saturated rings. The Labute approximate surface area is 151 Å². The highest BCUT2D eigenvalue weighted by Crippen LogP contribution is 2.52. The maximum Gasteiger partial charge on any atom is 0.137 e. The van der Waals surface area contributed by atoms with Gasteiger partial charge in [0, 0.05) is 20.0 Å². The van der Waals surface area contributed by atoms with E-state index >= 15 is 0 Å². The van der Waals surface area contributed by atoms with Gasteiger partial charge in [0.25, 0.3) is 0 Å². The molecule has 0 radical (unpaired) electrons. The largest absolute Gasteiger partial charge is 0.311 e. The fraction of sp³-hybridized carbons (Fsp3) is 0.529. The Morgan fingerprint density at radius 1 is 1.14 bits per heavy atom. The van der Waals surface area contributed by atoms with E-state index in [9.17, 15) is 0 Å². The Morgan fingerprint density at radius 3 is 2.59 bits per heavy atom. The number of hydrogen-bond donors (Lipinski definition) is 1. The quantitative estimate of drug-likeness (QED) is 0.556. The van der Waals surface area contributed by atoms with E-state index in [1.807, 2.05) is 0 Å². The average molecular weight is 470 g/mol. The van der Waals surface area contributed by atoms with Gasteiger partial charge < -0.3 is 4.57 Å². The Morgan fingerprint density at radius 2 is 1.86 bits per heavy atom. The normalized spacial score (nSPS) is 32.3. The Hall–Kier alpha value is -0.430. The van der Waals surface area contributed by atoms with Crippen molar-refractivity contribution in [1.29, 1.82) is 5.41 Å². The number of benzene rings is 1. The van der Waals surface area contributed by atoms with Crippen molar-refractivity contribution in [1.82, 2.24) is 9.55 Å². The van der Waals surface area contributed by atoms with E-state index in [1.165, 1.54) is 41.5 Å². The number of nitrogens with zero attached hydrogens (tertiary/aromatic N) is 2. The molecule has 2 atom stereocenters. The third-order valence-corrected chi connectivity index (χ3v) is 7.09. The SMILES string of the molecule is N=c1c2c(Br)cc(I)cc2nc2n1C1CC3CC(CC2C3)C1. The Bertz CT molecular complexity index is 845. The number of halogens is 2. The molecule has 2 unspecified atom stereocenters. The van der Waals surface area contributed by atoms with Crippen LogP contribution in [0.4, 0.5) is 0 Å². The maximum atomic E-state index is 8.85. The molecule has 0 saturated heterocycles. The first kappa shape index (κ1) is 14.0. The van der Waals surface area contributed by atoms with Crippen molar-refractivity contribution in [2.75, 3.05) is 0 Å². The van der Waals surface area contributed by atoms with E-state index in [-0.39, 0.29) is 0 Å². The molecule has 2 aliphatic heterocycles. The van der Waals surface area contributed by atoms with E-state index in [4.69, 9.17) is 10.4 Å². The number of rotatable bonds is 0. The summed E-state index contributed by atoms with van der Waals surface area (Å²) in [5, 5.41) is 9.83. The first-order valence-corrected chi connectivity index (χ1v) is 9.93. The van der Waals surface area contributed by atoms with Crippen molar-refractivity contribution in [2.45, 2.75) is 44.1 Å². The van der Waals surface area contributed by atoms with Crippen LogP contribution in [0.25, 0.3) is 10.9 Å². The molecule has 3 heterocycles. The van der Waals surface area contributed by atoms with Gasteiger partial charge in [0.1, 0.15) is 11.3 Å². The summed E-state index contributed by atoms with van der Waals surface area (Å²) in [5.41, 5.74) is 1.65. The summed E-state index contributed by atoms with van der Waals surface area (Å²) < 4.78 is 4.48. The molecule has 114 valence electrons. The van der Waals surface area contributed by atoms with Crippen LogP contribution in [0.5, 0.6) is 0 Å². The van der Waals surface area contributed by atoms with Gasteiger partial charge in [-0.3, -0.25) is 5.41 Å². The van der Waals surface area contributed by atoms with Gasteiger partial charge in [-0.15, -0.1) is 0 Å². The van der Waals surface area contributed by atoms with Crippen molar-refractivity contribution in [3.05, 3.63) is 31.5 Å². The van der Waals surface area contributed by atoms with E-state index in [0.717, 1.165) is 27.2 Å². The number of aromatic nitrogens is 2. The first-order chi connectivity index (χ1) is 10.6. The molecular weight excluding hydrogens is 453 g/mol. The summed E-state index contributed by atoms with van der Waals surface area (Å²) in [4.78, 5) is 5.06. The van der Waals surface area contributed by atoms with Crippen LogP contribution in [0.2, 0.25) is 0 Å². The van der Waals surface area contributed by atoms with Gasteiger partial charge in [0.2, 0.25) is 0 Å². The highest BCUT2D eigenvalue weighted by molar-refractivity contribution is 14.1. The van der Waals surface area contributed by atoms with Gasteiger partial charge >= 0.3 is 0 Å². The summed E-state index contributed by atoms with van der Waals surface area (Å²) in [6.07, 6.45) is 6.50. The number of fused-ring (bicyclic) bond motifs is 1. The fourth-order valence-electron chi connectivity index (χ4n) is 5.19. The van der Waals surface area contributed by atoms with Crippen molar-refractivity contribution < 1.29 is 0 Å². The zero-order chi connectivity index (χ0) is 15.0. The summed E-state index contributed by atoms with van der Waals surface area (Å²) in [5.74, 6) is 3.48. The third-order valence-electron chi connectivity index (χ3n) is 5.84. The van der Waals surface area contributed by atoms with E-state index in [1.54, 1.807) is 0 Å². The molecule has 1 aromatic carbocycles. The molecule has 0 spiro atoms. The van der Waals surface area contributed by atoms with Crippen molar-refractivity contribution in [3.8, 4) is 0 Å². The van der Waals surface area contributed by atoms with Crippen LogP contribution in [0.3, 0.4) is 0 Å². The maximum absolute atomic E-state index is 8.85. The lowest BCUT2D eigenvalue weighted by Crippen LogP contribution is -2.31. The van der Waals surface area contributed by atoms with Gasteiger partial charge in [0.05, 0.1) is 10.9 Å². The highest BCUT2D eigenvalue weighted by Gasteiger charge is 2.43. The topological polar surface area (TPSA) is 41.7 Å². The van der Waals surface area contributed by atoms with Crippen LogP contribution in [0.1, 0.15) is 49.9 Å². The van der Waals surface area contributed by atoms with Crippen LogP contribution in [-0.2, 0) is 0 Å². The lowest BCUT2D eigenvalue weighted by Gasteiger charge is -2.37. The van der Waals surface area contributed by atoms with Crippen LogP contribution in [0, 0.1) is 20.8 Å². The fourth-order valence-corrected chi connectivity index (χ4v) is 6.86. The van der Waals surface area contributed by atoms with Gasteiger partial charge in [-0.05, 0) is 94.6 Å². The third kappa shape index (κ3) is 1.90. The molecule has 2 aromatic rings. The summed E-state index contributed by atoms with van der Waals surface area (Å²) in [7, 11) is 0. The monoisotopic (exact) mass is 469 g/mol. The second-order valence-corrected chi connectivity index (χ2v) is 9.33. The Balaban J connectivity index is 1.87. The molecule has 6 rings (SSSR count).